The van der Waals surface area contributed by atoms with Crippen LogP contribution in [-0.4, -0.2) is 43.6 Å². The smallest absolute Gasteiger partial charge is 0.416 e. The van der Waals surface area contributed by atoms with Crippen LogP contribution in [0, 0.1) is 0 Å². The highest BCUT2D eigenvalue weighted by molar-refractivity contribution is 6.30. The molecule has 0 spiro atoms. The number of ether oxygens (including phenoxy) is 2. The first-order chi connectivity index (χ1) is 18.1. The molecule has 9 nitrogen and oxygen atoms in total. The van der Waals surface area contributed by atoms with Crippen LogP contribution in [0.25, 0.3) is 11.2 Å². The summed E-state index contributed by atoms with van der Waals surface area (Å²) in [7, 11) is 1.45. The lowest BCUT2D eigenvalue weighted by Crippen LogP contribution is -2.40. The maximum Gasteiger partial charge on any atom is 0.416 e. The summed E-state index contributed by atoms with van der Waals surface area (Å²) in [6, 6.07) is 11.5. The number of imidazole rings is 1. The van der Waals surface area contributed by atoms with Crippen LogP contribution in [0.4, 0.5) is 13.2 Å². The van der Waals surface area contributed by atoms with Crippen molar-refractivity contribution >= 4 is 22.8 Å². The molecule has 0 unspecified atom stereocenters. The molecule has 0 amide bonds. The molecule has 0 aliphatic rings. The molecule has 2 heterocycles. The predicted molar refractivity (Wildman–Crippen MR) is 133 cm³/mol. The van der Waals surface area contributed by atoms with Crippen LogP contribution < -0.4 is 16.0 Å². The van der Waals surface area contributed by atoms with Crippen molar-refractivity contribution in [2.24, 2.45) is 7.05 Å². The van der Waals surface area contributed by atoms with Crippen LogP contribution in [0.2, 0.25) is 5.02 Å². The number of aryl methyl sites for hydroxylation is 1. The minimum absolute atomic E-state index is 0.0193. The number of nitrogens with zero attached hydrogens (tertiary/aromatic N) is 4. The van der Waals surface area contributed by atoms with E-state index in [-0.39, 0.29) is 62.3 Å². The monoisotopic (exact) mass is 552 g/mol. The predicted octanol–water partition coefficient (Wildman–Crippen LogP) is 3.21. The number of rotatable bonds is 10. The second kappa shape index (κ2) is 11.4. The normalized spacial score (nSPS) is 11.8. The van der Waals surface area contributed by atoms with Crippen LogP contribution in [0.15, 0.2) is 58.1 Å². The highest BCUT2D eigenvalue weighted by Gasteiger charge is 2.30. The summed E-state index contributed by atoms with van der Waals surface area (Å²) in [5.74, 6) is 0. The van der Waals surface area contributed by atoms with Gasteiger partial charge >= 0.3 is 11.9 Å². The van der Waals surface area contributed by atoms with Gasteiger partial charge < -0.3 is 14.6 Å². The molecular weight excluding hydrogens is 529 g/mol. The minimum Gasteiger partial charge on any atom is -0.460 e. The van der Waals surface area contributed by atoms with E-state index >= 15 is 0 Å². The number of aliphatic hydroxyl groups is 1. The van der Waals surface area contributed by atoms with Crippen molar-refractivity contribution in [3.8, 4) is 6.01 Å². The second-order valence-electron chi connectivity index (χ2n) is 8.40. The SMILES string of the molecule is Cn1c(=O)n(CCOCCO)c(=O)c2c1nc(OCc1cccc(C(F)(F)F)c1)n2Cc1ccc(Cl)cc1. The van der Waals surface area contributed by atoms with Gasteiger partial charge in [0.1, 0.15) is 6.61 Å². The van der Waals surface area contributed by atoms with Crippen molar-refractivity contribution in [2.75, 3.05) is 19.8 Å². The zero-order chi connectivity index (χ0) is 27.4. The van der Waals surface area contributed by atoms with Crippen molar-refractivity contribution in [2.45, 2.75) is 25.9 Å². The number of hydrogen-bond acceptors (Lipinski definition) is 6. The maximum atomic E-state index is 13.5. The van der Waals surface area contributed by atoms with E-state index in [2.05, 4.69) is 4.98 Å². The first kappa shape index (κ1) is 27.4. The third kappa shape index (κ3) is 5.93. The number of fused-ring (bicyclic) bond motifs is 1. The first-order valence-electron chi connectivity index (χ1n) is 11.5. The molecule has 38 heavy (non-hydrogen) atoms. The lowest BCUT2D eigenvalue weighted by molar-refractivity contribution is -0.137. The van der Waals surface area contributed by atoms with Gasteiger partial charge in [-0.3, -0.25) is 18.5 Å². The Labute approximate surface area is 219 Å². The van der Waals surface area contributed by atoms with E-state index in [4.69, 9.17) is 26.2 Å². The van der Waals surface area contributed by atoms with Crippen LogP contribution in [0.1, 0.15) is 16.7 Å². The van der Waals surface area contributed by atoms with Crippen LogP contribution in [-0.2, 0) is 37.7 Å². The summed E-state index contributed by atoms with van der Waals surface area (Å²) in [5, 5.41) is 9.41. The Bertz CT molecular complexity index is 1540. The standard InChI is InChI=1S/C25H24ClF3N4O5/c1-31-21-20(22(35)32(24(31)36)9-11-37-12-10-34)33(14-16-5-7-19(26)8-6-16)23(30-21)38-15-17-3-2-4-18(13-17)25(27,28)29/h2-8,13,34H,9-12,14-15H2,1H3. The van der Waals surface area contributed by atoms with Crippen molar-refractivity contribution < 1.29 is 27.8 Å². The maximum absolute atomic E-state index is 13.5. The van der Waals surface area contributed by atoms with E-state index in [1.807, 2.05) is 0 Å². The Hall–Kier alpha value is -3.61. The van der Waals surface area contributed by atoms with Crippen LogP contribution in [0.3, 0.4) is 0 Å². The number of benzene rings is 2. The molecule has 4 rings (SSSR count). The number of halogens is 4. The molecule has 202 valence electrons. The molecule has 13 heteroatoms. The molecule has 0 saturated heterocycles. The van der Waals surface area contributed by atoms with Gasteiger partial charge in [-0.15, -0.1) is 0 Å². The lowest BCUT2D eigenvalue weighted by atomic mass is 10.1. The van der Waals surface area contributed by atoms with Crippen LogP contribution >= 0.6 is 11.6 Å². The molecule has 0 fully saturated rings. The Balaban J connectivity index is 1.78. The van der Waals surface area contributed by atoms with Crippen LogP contribution in [0.5, 0.6) is 6.01 Å². The van der Waals surface area contributed by atoms with Gasteiger partial charge in [-0.05, 0) is 35.4 Å². The molecule has 1 N–H and O–H groups in total. The molecule has 0 atom stereocenters. The van der Waals surface area contributed by atoms with E-state index in [1.165, 1.54) is 28.3 Å². The third-order valence-electron chi connectivity index (χ3n) is 5.77. The summed E-state index contributed by atoms with van der Waals surface area (Å²) in [6.07, 6.45) is -4.51. The Morgan fingerprint density at radius 1 is 1.03 bits per heavy atom. The molecule has 0 aliphatic carbocycles. The molecule has 0 saturated carbocycles. The minimum atomic E-state index is -4.51. The van der Waals surface area contributed by atoms with E-state index in [0.717, 1.165) is 22.3 Å². The van der Waals surface area contributed by atoms with Crippen molar-refractivity contribution in [1.29, 1.82) is 0 Å². The first-order valence-corrected chi connectivity index (χ1v) is 11.9. The molecule has 2 aromatic carbocycles. The fourth-order valence-corrected chi connectivity index (χ4v) is 4.01. The topological polar surface area (TPSA) is 101 Å². The van der Waals surface area contributed by atoms with Crippen molar-refractivity contribution in [3.63, 3.8) is 0 Å². The zero-order valence-corrected chi connectivity index (χ0v) is 21.0. The van der Waals surface area contributed by atoms with E-state index in [9.17, 15) is 22.8 Å². The molecule has 2 aromatic heterocycles. The highest BCUT2D eigenvalue weighted by Crippen LogP contribution is 2.30. The highest BCUT2D eigenvalue weighted by atomic mass is 35.5. The van der Waals surface area contributed by atoms with Gasteiger partial charge in [-0.2, -0.15) is 18.2 Å². The van der Waals surface area contributed by atoms with Gasteiger partial charge in [-0.25, -0.2) is 4.79 Å². The quantitative estimate of drug-likeness (QED) is 0.303. The van der Waals surface area contributed by atoms with Gasteiger partial charge in [-0.1, -0.05) is 35.9 Å². The summed E-state index contributed by atoms with van der Waals surface area (Å²) in [5.41, 5.74) is -0.964. The largest absolute Gasteiger partial charge is 0.460 e. The Morgan fingerprint density at radius 2 is 1.76 bits per heavy atom. The number of hydrogen-bond donors (Lipinski definition) is 1. The van der Waals surface area contributed by atoms with Gasteiger partial charge in [0.25, 0.3) is 11.6 Å². The molecule has 4 aromatic rings. The average Bonchev–Trinajstić information content (AvgIpc) is 3.25. The Kier molecular flexibility index (Phi) is 8.24. The summed E-state index contributed by atoms with van der Waals surface area (Å²) in [6.45, 7) is -0.337. The Morgan fingerprint density at radius 3 is 2.45 bits per heavy atom. The average molecular weight is 553 g/mol. The molecule has 0 radical (unpaired) electrons. The third-order valence-corrected chi connectivity index (χ3v) is 6.02. The van der Waals surface area contributed by atoms with Gasteiger partial charge in [0.15, 0.2) is 11.2 Å². The zero-order valence-electron chi connectivity index (χ0n) is 20.2. The number of aromatic nitrogens is 4. The number of alkyl halides is 3. The number of aliphatic hydroxyl groups excluding tert-OH is 1. The summed E-state index contributed by atoms with van der Waals surface area (Å²) >= 11 is 5.99. The fourth-order valence-electron chi connectivity index (χ4n) is 3.89. The van der Waals surface area contributed by atoms with Gasteiger partial charge in [0.2, 0.25) is 0 Å². The lowest BCUT2D eigenvalue weighted by Gasteiger charge is -2.12. The van der Waals surface area contributed by atoms with E-state index in [1.54, 1.807) is 24.3 Å². The molecule has 0 aliphatic heterocycles. The summed E-state index contributed by atoms with van der Waals surface area (Å²) in [4.78, 5) is 30.7. The van der Waals surface area contributed by atoms with E-state index in [0.29, 0.717) is 5.02 Å². The van der Waals surface area contributed by atoms with Crippen molar-refractivity contribution in [3.05, 3.63) is 91.1 Å². The van der Waals surface area contributed by atoms with E-state index < -0.39 is 23.0 Å². The van der Waals surface area contributed by atoms with Gasteiger partial charge in [0, 0.05) is 12.1 Å². The summed E-state index contributed by atoms with van der Waals surface area (Å²) < 4.78 is 54.1. The van der Waals surface area contributed by atoms with Crippen molar-refractivity contribution in [1.82, 2.24) is 18.7 Å². The molecular formula is C25H24ClF3N4O5. The van der Waals surface area contributed by atoms with Gasteiger partial charge in [0.05, 0.1) is 38.5 Å². The fraction of sp³-hybridized carbons (Fsp3) is 0.320. The molecule has 0 bridgehead atoms. The second-order valence-corrected chi connectivity index (χ2v) is 8.84.